The van der Waals surface area contributed by atoms with E-state index < -0.39 is 0 Å². The molecule has 1 fully saturated rings. The normalized spacial score (nSPS) is 33.2. The lowest BCUT2D eigenvalue weighted by Crippen LogP contribution is -2.55. The van der Waals surface area contributed by atoms with Gasteiger partial charge in [-0.15, -0.1) is 0 Å². The van der Waals surface area contributed by atoms with Gasteiger partial charge in [-0.3, -0.25) is 0 Å². The minimum absolute atomic E-state index is 0.138. The first-order valence-electron chi connectivity index (χ1n) is 5.82. The van der Waals surface area contributed by atoms with Crippen LogP contribution in [-0.4, -0.2) is 40.8 Å². The minimum atomic E-state index is 0.138. The largest absolute Gasteiger partial charge is 0.396 e. The maximum Gasteiger partial charge on any atom is 0.0431 e. The third-order valence-corrected chi connectivity index (χ3v) is 4.52. The molecule has 3 atom stereocenters. The maximum atomic E-state index is 8.78. The molecule has 0 spiro atoms. The zero-order chi connectivity index (χ0) is 11.3. The second-order valence-corrected chi connectivity index (χ2v) is 6.15. The van der Waals surface area contributed by atoms with Gasteiger partial charge in [0.05, 0.1) is 0 Å². The molecule has 0 radical (unpaired) electrons. The molecule has 4 heteroatoms. The van der Waals surface area contributed by atoms with E-state index >= 15 is 0 Å². The number of hydrogen-bond acceptors (Lipinski definition) is 4. The molecule has 90 valence electrons. The Hall–Kier alpha value is 0.230. The summed E-state index contributed by atoms with van der Waals surface area (Å²) in [6.45, 7) is 5.45. The first kappa shape index (κ1) is 13.3. The predicted molar refractivity (Wildman–Crippen MR) is 67.2 cm³/mol. The Morgan fingerprint density at radius 3 is 2.87 bits per heavy atom. The van der Waals surface area contributed by atoms with Gasteiger partial charge in [-0.05, 0) is 26.2 Å². The Kier molecular flexibility index (Phi) is 5.39. The van der Waals surface area contributed by atoms with Crippen LogP contribution in [0.5, 0.6) is 0 Å². The molecular formula is C11H24N2OS. The highest BCUT2D eigenvalue weighted by molar-refractivity contribution is 8.00. The first-order valence-corrected chi connectivity index (χ1v) is 6.87. The van der Waals surface area contributed by atoms with Crippen LogP contribution >= 0.6 is 11.8 Å². The average Bonchev–Trinajstić information content (AvgIpc) is 2.58. The second-order valence-electron chi connectivity index (χ2n) is 4.72. The standard InChI is InChI=1S/C11H24N2OS/c1-9(4-3-5-14)13-11(7-12)6-10(2)15-8-11/h9-10,13-14H,3-8,12H2,1-2H3. The lowest BCUT2D eigenvalue weighted by molar-refractivity contribution is 0.260. The van der Waals surface area contributed by atoms with Gasteiger partial charge in [-0.1, -0.05) is 6.92 Å². The molecule has 1 aliphatic heterocycles. The van der Waals surface area contributed by atoms with Crippen molar-refractivity contribution in [3.63, 3.8) is 0 Å². The summed E-state index contributed by atoms with van der Waals surface area (Å²) in [7, 11) is 0. The van der Waals surface area contributed by atoms with E-state index in [2.05, 4.69) is 19.2 Å². The molecule has 0 aromatic heterocycles. The van der Waals surface area contributed by atoms with E-state index in [9.17, 15) is 0 Å². The van der Waals surface area contributed by atoms with Crippen molar-refractivity contribution < 1.29 is 5.11 Å². The topological polar surface area (TPSA) is 58.3 Å². The first-order chi connectivity index (χ1) is 7.12. The fourth-order valence-electron chi connectivity index (χ4n) is 2.26. The van der Waals surface area contributed by atoms with E-state index in [4.69, 9.17) is 10.8 Å². The highest BCUT2D eigenvalue weighted by Gasteiger charge is 2.37. The van der Waals surface area contributed by atoms with Gasteiger partial charge in [0.1, 0.15) is 0 Å². The molecule has 0 aromatic carbocycles. The van der Waals surface area contributed by atoms with Gasteiger partial charge in [-0.25, -0.2) is 0 Å². The zero-order valence-corrected chi connectivity index (χ0v) is 10.6. The summed E-state index contributed by atoms with van der Waals surface area (Å²) in [5, 5.41) is 13.1. The lowest BCUT2D eigenvalue weighted by Gasteiger charge is -2.32. The van der Waals surface area contributed by atoms with Crippen LogP contribution in [0, 0.1) is 0 Å². The van der Waals surface area contributed by atoms with Gasteiger partial charge < -0.3 is 16.2 Å². The third kappa shape index (κ3) is 3.94. The summed E-state index contributed by atoms with van der Waals surface area (Å²) < 4.78 is 0. The van der Waals surface area contributed by atoms with Crippen LogP contribution in [0.15, 0.2) is 0 Å². The molecule has 1 saturated heterocycles. The number of rotatable bonds is 6. The summed E-state index contributed by atoms with van der Waals surface area (Å²) in [4.78, 5) is 0. The number of aliphatic hydroxyl groups is 1. The molecule has 3 unspecified atom stereocenters. The van der Waals surface area contributed by atoms with Gasteiger partial charge in [0.25, 0.3) is 0 Å². The van der Waals surface area contributed by atoms with E-state index in [1.807, 2.05) is 11.8 Å². The van der Waals surface area contributed by atoms with Crippen molar-refractivity contribution in [1.29, 1.82) is 0 Å². The molecule has 0 bridgehead atoms. The Balaban J connectivity index is 2.39. The lowest BCUT2D eigenvalue weighted by atomic mass is 9.94. The molecule has 0 amide bonds. The summed E-state index contributed by atoms with van der Waals surface area (Å²) in [5.41, 5.74) is 6.02. The molecule has 1 rings (SSSR count). The number of nitrogens with two attached hydrogens (primary N) is 1. The molecule has 4 N–H and O–H groups in total. The van der Waals surface area contributed by atoms with Crippen LogP contribution in [0.3, 0.4) is 0 Å². The van der Waals surface area contributed by atoms with Crippen LogP contribution in [0.1, 0.15) is 33.1 Å². The second kappa shape index (κ2) is 6.09. The van der Waals surface area contributed by atoms with Crippen LogP contribution < -0.4 is 11.1 Å². The van der Waals surface area contributed by atoms with Crippen LogP contribution in [0.25, 0.3) is 0 Å². The maximum absolute atomic E-state index is 8.78. The van der Waals surface area contributed by atoms with Gasteiger partial charge in [-0.2, -0.15) is 11.8 Å². The third-order valence-electron chi connectivity index (χ3n) is 3.06. The van der Waals surface area contributed by atoms with Crippen molar-refractivity contribution in [2.75, 3.05) is 18.9 Å². The predicted octanol–water partition coefficient (Wildman–Crippen LogP) is 0.960. The van der Waals surface area contributed by atoms with Crippen molar-refractivity contribution in [3.05, 3.63) is 0 Å². The van der Waals surface area contributed by atoms with E-state index in [1.165, 1.54) is 0 Å². The average molecular weight is 232 g/mol. The highest BCUT2D eigenvalue weighted by atomic mass is 32.2. The summed E-state index contributed by atoms with van der Waals surface area (Å²) >= 11 is 2.00. The summed E-state index contributed by atoms with van der Waals surface area (Å²) in [6.07, 6.45) is 3.06. The molecular weight excluding hydrogens is 208 g/mol. The van der Waals surface area contributed by atoms with E-state index in [-0.39, 0.29) is 12.1 Å². The molecule has 0 aromatic rings. The minimum Gasteiger partial charge on any atom is -0.396 e. The Labute approximate surface area is 97.2 Å². The number of aliphatic hydroxyl groups excluding tert-OH is 1. The molecule has 1 aliphatic rings. The fraction of sp³-hybridized carbons (Fsp3) is 1.00. The number of nitrogens with one attached hydrogen (secondary N) is 1. The van der Waals surface area contributed by atoms with Crippen LogP contribution in [0.2, 0.25) is 0 Å². The SMILES string of the molecule is CC(CCCO)NC1(CN)CSC(C)C1. The molecule has 0 aliphatic carbocycles. The molecule has 0 saturated carbocycles. The van der Waals surface area contributed by atoms with Crippen molar-refractivity contribution in [1.82, 2.24) is 5.32 Å². The summed E-state index contributed by atoms with van der Waals surface area (Å²) in [6, 6.07) is 0.451. The Morgan fingerprint density at radius 2 is 2.40 bits per heavy atom. The summed E-state index contributed by atoms with van der Waals surface area (Å²) in [5.74, 6) is 1.12. The molecule has 1 heterocycles. The van der Waals surface area contributed by atoms with E-state index in [0.29, 0.717) is 17.8 Å². The van der Waals surface area contributed by atoms with Crippen LogP contribution in [-0.2, 0) is 0 Å². The van der Waals surface area contributed by atoms with Gasteiger partial charge in [0.2, 0.25) is 0 Å². The van der Waals surface area contributed by atoms with Crippen LogP contribution in [0.4, 0.5) is 0 Å². The smallest absolute Gasteiger partial charge is 0.0431 e. The van der Waals surface area contributed by atoms with Crippen molar-refractivity contribution in [3.8, 4) is 0 Å². The highest BCUT2D eigenvalue weighted by Crippen LogP contribution is 2.34. The van der Waals surface area contributed by atoms with Gasteiger partial charge >= 0.3 is 0 Å². The molecule has 3 nitrogen and oxygen atoms in total. The number of thioether (sulfide) groups is 1. The fourth-order valence-corrected chi connectivity index (χ4v) is 3.62. The van der Waals surface area contributed by atoms with Crippen molar-refractivity contribution >= 4 is 11.8 Å². The zero-order valence-electron chi connectivity index (χ0n) is 9.83. The van der Waals surface area contributed by atoms with Crippen molar-refractivity contribution in [2.45, 2.75) is 49.9 Å². The Bertz CT molecular complexity index is 191. The number of hydrogen-bond donors (Lipinski definition) is 3. The van der Waals surface area contributed by atoms with Gasteiger partial charge in [0.15, 0.2) is 0 Å². The van der Waals surface area contributed by atoms with E-state index in [1.54, 1.807) is 0 Å². The molecule has 15 heavy (non-hydrogen) atoms. The van der Waals surface area contributed by atoms with E-state index in [0.717, 1.165) is 25.0 Å². The van der Waals surface area contributed by atoms with Crippen molar-refractivity contribution in [2.24, 2.45) is 5.73 Å². The van der Waals surface area contributed by atoms with Gasteiger partial charge in [0, 0.05) is 35.7 Å². The Morgan fingerprint density at radius 1 is 1.67 bits per heavy atom. The monoisotopic (exact) mass is 232 g/mol. The quantitative estimate of drug-likeness (QED) is 0.638.